The van der Waals surface area contributed by atoms with Gasteiger partial charge in [0.1, 0.15) is 17.4 Å². The van der Waals surface area contributed by atoms with Gasteiger partial charge < -0.3 is 14.8 Å². The van der Waals surface area contributed by atoms with Gasteiger partial charge in [-0.2, -0.15) is 0 Å². The number of anilines is 1. The van der Waals surface area contributed by atoms with E-state index in [-0.39, 0.29) is 18.7 Å². The van der Waals surface area contributed by atoms with Crippen LogP contribution < -0.4 is 10.1 Å². The number of amides is 1. The number of ether oxygens (including phenoxy) is 2. The van der Waals surface area contributed by atoms with E-state index >= 15 is 0 Å². The molecule has 0 saturated heterocycles. The lowest BCUT2D eigenvalue weighted by Gasteiger charge is -2.14. The number of hydrogen-bond acceptors (Lipinski definition) is 4. The van der Waals surface area contributed by atoms with Crippen molar-refractivity contribution in [3.63, 3.8) is 0 Å². The van der Waals surface area contributed by atoms with Crippen molar-refractivity contribution in [1.82, 2.24) is 0 Å². The molecule has 0 radical (unpaired) electrons. The standard InChI is InChI=1S/C18H17F2NO4/c1-12(18(23)21-16-8-7-13(19)11-15(16)20)25-17(22)9-10-24-14-5-3-2-4-6-14/h2-8,11-12H,9-10H2,1H3,(H,21,23)/t12-/m0/s1. The maximum atomic E-state index is 13.5. The zero-order chi connectivity index (χ0) is 18.2. The minimum Gasteiger partial charge on any atom is -0.493 e. The Morgan fingerprint density at radius 2 is 1.84 bits per heavy atom. The predicted molar refractivity (Wildman–Crippen MR) is 87.1 cm³/mol. The summed E-state index contributed by atoms with van der Waals surface area (Å²) >= 11 is 0. The molecule has 132 valence electrons. The molecule has 0 aliphatic heterocycles. The number of benzene rings is 2. The first-order chi connectivity index (χ1) is 12.0. The van der Waals surface area contributed by atoms with Gasteiger partial charge in [-0.05, 0) is 31.2 Å². The Morgan fingerprint density at radius 1 is 1.12 bits per heavy atom. The number of nitrogens with one attached hydrogen (secondary N) is 1. The number of rotatable bonds is 7. The third-order valence-electron chi connectivity index (χ3n) is 3.18. The number of halogens is 2. The van der Waals surface area contributed by atoms with Crippen LogP contribution in [0.3, 0.4) is 0 Å². The molecule has 0 heterocycles. The Bertz CT molecular complexity index is 737. The van der Waals surface area contributed by atoms with Crippen molar-refractivity contribution in [3.8, 4) is 5.75 Å². The number of esters is 1. The van der Waals surface area contributed by atoms with Gasteiger partial charge in [-0.3, -0.25) is 9.59 Å². The van der Waals surface area contributed by atoms with Gasteiger partial charge in [-0.1, -0.05) is 18.2 Å². The van der Waals surface area contributed by atoms with Gasteiger partial charge in [0.15, 0.2) is 6.10 Å². The second-order valence-corrected chi connectivity index (χ2v) is 5.16. The SMILES string of the molecule is C[C@H](OC(=O)CCOc1ccccc1)C(=O)Nc1ccc(F)cc1F. The fourth-order valence-electron chi connectivity index (χ4n) is 1.90. The maximum Gasteiger partial charge on any atom is 0.310 e. The van der Waals surface area contributed by atoms with E-state index < -0.39 is 29.6 Å². The van der Waals surface area contributed by atoms with Crippen LogP contribution in [0, 0.1) is 11.6 Å². The number of carbonyl (C=O) groups excluding carboxylic acids is 2. The summed E-state index contributed by atoms with van der Waals surface area (Å²) in [4.78, 5) is 23.6. The molecule has 0 aliphatic rings. The van der Waals surface area contributed by atoms with Crippen molar-refractivity contribution < 1.29 is 27.8 Å². The summed E-state index contributed by atoms with van der Waals surface area (Å²) in [5.74, 6) is -2.40. The number of para-hydroxylation sites is 1. The Balaban J connectivity index is 1.77. The number of carbonyl (C=O) groups is 2. The number of hydrogen-bond donors (Lipinski definition) is 1. The fourth-order valence-corrected chi connectivity index (χ4v) is 1.90. The van der Waals surface area contributed by atoms with Gasteiger partial charge in [0.25, 0.3) is 5.91 Å². The zero-order valence-electron chi connectivity index (χ0n) is 13.5. The normalized spacial score (nSPS) is 11.5. The quantitative estimate of drug-likeness (QED) is 0.779. The molecular weight excluding hydrogens is 332 g/mol. The molecule has 1 amide bonds. The summed E-state index contributed by atoms with van der Waals surface area (Å²) in [6.07, 6.45) is -1.18. The topological polar surface area (TPSA) is 64.6 Å². The Labute approximate surface area is 143 Å². The van der Waals surface area contributed by atoms with Crippen LogP contribution in [0.25, 0.3) is 0 Å². The highest BCUT2D eigenvalue weighted by molar-refractivity contribution is 5.95. The second-order valence-electron chi connectivity index (χ2n) is 5.16. The van der Waals surface area contributed by atoms with E-state index in [0.717, 1.165) is 12.1 Å². The summed E-state index contributed by atoms with van der Waals surface area (Å²) in [5.41, 5.74) is -0.193. The highest BCUT2D eigenvalue weighted by Crippen LogP contribution is 2.15. The lowest BCUT2D eigenvalue weighted by Crippen LogP contribution is -2.30. The minimum atomic E-state index is -1.13. The van der Waals surface area contributed by atoms with Crippen molar-refractivity contribution in [1.29, 1.82) is 0 Å². The largest absolute Gasteiger partial charge is 0.493 e. The lowest BCUT2D eigenvalue weighted by atomic mass is 10.2. The molecular formula is C18H17F2NO4. The maximum absolute atomic E-state index is 13.5. The summed E-state index contributed by atoms with van der Waals surface area (Å²) in [7, 11) is 0. The molecule has 1 N–H and O–H groups in total. The Hall–Kier alpha value is -2.96. The van der Waals surface area contributed by atoms with Crippen LogP contribution in [0.5, 0.6) is 5.75 Å². The molecule has 2 rings (SSSR count). The Kier molecular flexibility index (Phi) is 6.45. The third kappa shape index (κ3) is 5.87. The smallest absolute Gasteiger partial charge is 0.310 e. The molecule has 0 aromatic heterocycles. The average Bonchev–Trinajstić information content (AvgIpc) is 2.58. The summed E-state index contributed by atoms with van der Waals surface area (Å²) in [5, 5.41) is 2.24. The second kappa shape index (κ2) is 8.77. The third-order valence-corrected chi connectivity index (χ3v) is 3.18. The predicted octanol–water partition coefficient (Wildman–Crippen LogP) is 3.30. The van der Waals surface area contributed by atoms with E-state index in [1.54, 1.807) is 24.3 Å². The van der Waals surface area contributed by atoms with E-state index in [4.69, 9.17) is 9.47 Å². The van der Waals surface area contributed by atoms with Gasteiger partial charge >= 0.3 is 5.97 Å². The van der Waals surface area contributed by atoms with E-state index in [1.807, 2.05) is 6.07 Å². The molecule has 0 fully saturated rings. The van der Waals surface area contributed by atoms with Gasteiger partial charge in [0.05, 0.1) is 18.7 Å². The molecule has 2 aromatic carbocycles. The molecule has 2 aromatic rings. The highest BCUT2D eigenvalue weighted by Gasteiger charge is 2.19. The van der Waals surface area contributed by atoms with Gasteiger partial charge in [0.2, 0.25) is 0 Å². The van der Waals surface area contributed by atoms with Crippen molar-refractivity contribution in [2.45, 2.75) is 19.4 Å². The van der Waals surface area contributed by atoms with Crippen molar-refractivity contribution >= 4 is 17.6 Å². The van der Waals surface area contributed by atoms with Crippen LogP contribution in [0.4, 0.5) is 14.5 Å². The molecule has 5 nitrogen and oxygen atoms in total. The zero-order valence-corrected chi connectivity index (χ0v) is 13.5. The molecule has 1 atom stereocenters. The molecule has 0 saturated carbocycles. The van der Waals surface area contributed by atoms with Gasteiger partial charge in [0, 0.05) is 6.07 Å². The van der Waals surface area contributed by atoms with Crippen LogP contribution in [-0.4, -0.2) is 24.6 Å². The van der Waals surface area contributed by atoms with Crippen LogP contribution in [0.1, 0.15) is 13.3 Å². The molecule has 7 heteroatoms. The van der Waals surface area contributed by atoms with Gasteiger partial charge in [-0.15, -0.1) is 0 Å². The van der Waals surface area contributed by atoms with Crippen molar-refractivity contribution in [2.75, 3.05) is 11.9 Å². The molecule has 0 bridgehead atoms. The van der Waals surface area contributed by atoms with Crippen LogP contribution >= 0.6 is 0 Å². The monoisotopic (exact) mass is 349 g/mol. The molecule has 0 spiro atoms. The van der Waals surface area contributed by atoms with Crippen LogP contribution in [-0.2, 0) is 14.3 Å². The summed E-state index contributed by atoms with van der Waals surface area (Å²) in [6, 6.07) is 11.7. The first kappa shape index (κ1) is 18.4. The van der Waals surface area contributed by atoms with Crippen LogP contribution in [0.2, 0.25) is 0 Å². The van der Waals surface area contributed by atoms with Crippen LogP contribution in [0.15, 0.2) is 48.5 Å². The fraction of sp³-hybridized carbons (Fsp3) is 0.222. The highest BCUT2D eigenvalue weighted by atomic mass is 19.1. The van der Waals surface area contributed by atoms with E-state index in [1.165, 1.54) is 6.92 Å². The summed E-state index contributed by atoms with van der Waals surface area (Å²) in [6.45, 7) is 1.45. The summed E-state index contributed by atoms with van der Waals surface area (Å²) < 4.78 is 36.6. The molecule has 0 aliphatic carbocycles. The Morgan fingerprint density at radius 3 is 2.52 bits per heavy atom. The molecule has 25 heavy (non-hydrogen) atoms. The van der Waals surface area contributed by atoms with E-state index in [2.05, 4.69) is 5.32 Å². The lowest BCUT2D eigenvalue weighted by molar-refractivity contribution is -0.153. The van der Waals surface area contributed by atoms with Crippen molar-refractivity contribution in [2.24, 2.45) is 0 Å². The van der Waals surface area contributed by atoms with E-state index in [0.29, 0.717) is 11.8 Å². The minimum absolute atomic E-state index is 0.0442. The van der Waals surface area contributed by atoms with E-state index in [9.17, 15) is 18.4 Å². The molecule has 0 unspecified atom stereocenters. The first-order valence-corrected chi connectivity index (χ1v) is 7.59. The van der Waals surface area contributed by atoms with Gasteiger partial charge in [-0.25, -0.2) is 8.78 Å². The average molecular weight is 349 g/mol. The first-order valence-electron chi connectivity index (χ1n) is 7.59. The van der Waals surface area contributed by atoms with Crippen molar-refractivity contribution in [3.05, 3.63) is 60.2 Å².